The highest BCUT2D eigenvalue weighted by atomic mass is 15.2. The number of anilines is 5. The van der Waals surface area contributed by atoms with E-state index >= 15 is 0 Å². The zero-order valence-electron chi connectivity index (χ0n) is 38.2. The number of hydrogen-bond donors (Lipinski definition) is 0. The maximum Gasteiger partial charge on any atom is 0.0634 e. The van der Waals surface area contributed by atoms with Gasteiger partial charge in [-0.15, -0.1) is 0 Å². The number of rotatable bonds is 8. The van der Waals surface area contributed by atoms with Crippen molar-refractivity contribution in [3.8, 4) is 22.3 Å². The largest absolute Gasteiger partial charge is 0.332 e. The first-order valence-corrected chi connectivity index (χ1v) is 24.4. The number of hydrogen-bond acceptors (Lipinski definition) is 2. The van der Waals surface area contributed by atoms with Crippen LogP contribution in [0.25, 0.3) is 87.7 Å². The molecule has 0 fully saturated rings. The summed E-state index contributed by atoms with van der Waals surface area (Å²) >= 11 is 0. The molecule has 0 saturated heterocycles. The monoisotopic (exact) mass is 892 g/mol. The van der Waals surface area contributed by atoms with Gasteiger partial charge in [0.15, 0.2) is 0 Å². The number of benzene rings is 10. The number of aromatic nitrogens is 2. The van der Waals surface area contributed by atoms with Gasteiger partial charge in [0.2, 0.25) is 0 Å². The molecule has 328 valence electrons. The van der Waals surface area contributed by atoms with Gasteiger partial charge < -0.3 is 18.8 Å². The van der Waals surface area contributed by atoms with Crippen LogP contribution in [0, 0.1) is 0 Å². The highest BCUT2D eigenvalue weighted by Gasteiger charge is 2.35. The van der Waals surface area contributed by atoms with E-state index < -0.39 is 0 Å². The van der Waals surface area contributed by atoms with Gasteiger partial charge in [-0.25, -0.2) is 0 Å². The molecule has 0 amide bonds. The van der Waals surface area contributed by atoms with Gasteiger partial charge in [-0.3, -0.25) is 0 Å². The van der Waals surface area contributed by atoms with E-state index in [0.29, 0.717) is 0 Å². The Labute approximate surface area is 405 Å². The van der Waals surface area contributed by atoms with E-state index in [1.165, 1.54) is 99.0 Å². The van der Waals surface area contributed by atoms with Crippen LogP contribution < -0.4 is 9.80 Å². The van der Waals surface area contributed by atoms with Crippen LogP contribution in [0.5, 0.6) is 0 Å². The molecule has 4 heterocycles. The van der Waals surface area contributed by atoms with Gasteiger partial charge in [-0.2, -0.15) is 0 Å². The quantitative estimate of drug-likeness (QED) is 0.151. The Morgan fingerprint density at radius 3 is 1.49 bits per heavy atom. The molecule has 0 saturated carbocycles. The summed E-state index contributed by atoms with van der Waals surface area (Å²) in [7, 11) is 0. The average molecular weight is 893 g/mol. The molecule has 4 heteroatoms. The van der Waals surface area contributed by atoms with Gasteiger partial charge in [-0.05, 0) is 119 Å². The lowest BCUT2D eigenvalue weighted by atomic mass is 9.92. The summed E-state index contributed by atoms with van der Waals surface area (Å²) in [6, 6.07) is 86.8. The molecule has 1 aliphatic carbocycles. The Bertz CT molecular complexity index is 4260. The predicted molar refractivity (Wildman–Crippen MR) is 294 cm³/mol. The molecule has 10 aromatic carbocycles. The number of nitrogens with zero attached hydrogens (tertiary/aromatic N) is 4. The van der Waals surface area contributed by atoms with E-state index in [0.717, 1.165) is 34.9 Å². The molecule has 13 aromatic rings. The van der Waals surface area contributed by atoms with Crippen molar-refractivity contribution >= 4 is 93.9 Å². The molecule has 0 bridgehead atoms. The second kappa shape index (κ2) is 15.2. The Hall–Kier alpha value is -9.12. The number of fused-ring (bicyclic) bond motifs is 12. The van der Waals surface area contributed by atoms with Crippen LogP contribution in [0.3, 0.4) is 0 Å². The van der Waals surface area contributed by atoms with Crippen LogP contribution >= 0.6 is 0 Å². The number of allylic oxidation sites excluding steroid dienone is 3. The van der Waals surface area contributed by atoms with Crippen molar-refractivity contribution in [2.24, 2.45) is 0 Å². The summed E-state index contributed by atoms with van der Waals surface area (Å²) in [4.78, 5) is 4.82. The van der Waals surface area contributed by atoms with Crippen LogP contribution in [-0.2, 0) is 0 Å². The van der Waals surface area contributed by atoms with E-state index in [4.69, 9.17) is 0 Å². The van der Waals surface area contributed by atoms with E-state index in [2.05, 4.69) is 268 Å². The fourth-order valence-electron chi connectivity index (χ4n) is 12.0. The minimum absolute atomic E-state index is 0.198. The van der Waals surface area contributed by atoms with Crippen LogP contribution in [-0.4, -0.2) is 8.97 Å². The first-order chi connectivity index (χ1) is 34.7. The van der Waals surface area contributed by atoms with Gasteiger partial charge in [0.1, 0.15) is 0 Å². The predicted octanol–water partition coefficient (Wildman–Crippen LogP) is 17.8. The third-order valence-corrected chi connectivity index (χ3v) is 15.0. The van der Waals surface area contributed by atoms with Crippen molar-refractivity contribution in [1.29, 1.82) is 0 Å². The molecule has 1 unspecified atom stereocenters. The second-order valence-electron chi connectivity index (χ2n) is 18.9. The zero-order valence-corrected chi connectivity index (χ0v) is 38.2. The Morgan fingerprint density at radius 2 is 0.829 bits per heavy atom. The summed E-state index contributed by atoms with van der Waals surface area (Å²) in [5, 5.41) is 7.72. The second-order valence-corrected chi connectivity index (χ2v) is 18.9. The van der Waals surface area contributed by atoms with E-state index in [1.54, 1.807) is 0 Å². The van der Waals surface area contributed by atoms with Crippen molar-refractivity contribution in [3.05, 3.63) is 260 Å². The lowest BCUT2D eigenvalue weighted by Gasteiger charge is -2.31. The van der Waals surface area contributed by atoms with Gasteiger partial charge in [0, 0.05) is 72.0 Å². The molecular formula is C66H44N4. The Balaban J connectivity index is 0.868. The molecule has 0 radical (unpaired) electrons. The first-order valence-electron chi connectivity index (χ1n) is 24.4. The topological polar surface area (TPSA) is 15.8 Å². The van der Waals surface area contributed by atoms with Crippen molar-refractivity contribution in [2.75, 3.05) is 9.80 Å². The average Bonchev–Trinajstić information content (AvgIpc) is 4.15. The Morgan fingerprint density at radius 1 is 0.343 bits per heavy atom. The fraction of sp³-hybridized carbons (Fsp3) is 0.0303. The summed E-state index contributed by atoms with van der Waals surface area (Å²) in [6.07, 6.45) is 5.81. The van der Waals surface area contributed by atoms with Crippen molar-refractivity contribution < 1.29 is 0 Å². The van der Waals surface area contributed by atoms with Crippen LogP contribution in [0.2, 0.25) is 0 Å². The maximum absolute atomic E-state index is 2.66. The summed E-state index contributed by atoms with van der Waals surface area (Å²) in [5.41, 5.74) is 20.8. The van der Waals surface area contributed by atoms with E-state index in [1.807, 2.05) is 0 Å². The molecule has 70 heavy (non-hydrogen) atoms. The molecule has 1 atom stereocenters. The molecule has 3 aromatic heterocycles. The molecule has 15 rings (SSSR count). The highest BCUT2D eigenvalue weighted by Crippen LogP contribution is 2.52. The van der Waals surface area contributed by atoms with E-state index in [-0.39, 0.29) is 6.04 Å². The normalized spacial score (nSPS) is 14.3. The smallest absolute Gasteiger partial charge is 0.0634 e. The van der Waals surface area contributed by atoms with Crippen molar-refractivity contribution in [1.82, 2.24) is 8.97 Å². The third-order valence-electron chi connectivity index (χ3n) is 15.0. The minimum Gasteiger partial charge on any atom is -0.332 e. The minimum atomic E-state index is 0.198. The first kappa shape index (κ1) is 38.9. The van der Waals surface area contributed by atoms with E-state index in [9.17, 15) is 0 Å². The number of para-hydroxylation sites is 4. The standard InChI is InChI=1S/C66H44N4/c1-5-17-43(18-6-1)45-21-13-27-49(37-45)67(47-23-9-3-10-24-47)51-33-35-61-57(39-51)53-29-15-31-55-59-42-64-60(41-63(59)69(61)65(53)55)56-32-16-30-54-58-40-52(34-36-62(58)70(64)66(54)56)68(48-25-11-4-12-26-48)50-28-14-22-46(38-50)44-19-7-2-8-20-44/h1-35,37-42,62H,36H2. The molecular weight excluding hydrogens is 849 g/mol. The summed E-state index contributed by atoms with van der Waals surface area (Å²) in [5.74, 6) is 0. The summed E-state index contributed by atoms with van der Waals surface area (Å²) in [6.45, 7) is 0. The van der Waals surface area contributed by atoms with Gasteiger partial charge in [-0.1, -0.05) is 164 Å². The van der Waals surface area contributed by atoms with Crippen molar-refractivity contribution in [2.45, 2.75) is 12.5 Å². The maximum atomic E-state index is 2.66. The fourth-order valence-corrected chi connectivity index (χ4v) is 12.0. The Kier molecular flexibility index (Phi) is 8.45. The van der Waals surface area contributed by atoms with Gasteiger partial charge in [0.25, 0.3) is 0 Å². The van der Waals surface area contributed by atoms with Crippen LogP contribution in [0.1, 0.15) is 18.0 Å². The lowest BCUT2D eigenvalue weighted by Crippen LogP contribution is -2.19. The molecule has 4 nitrogen and oxygen atoms in total. The SMILES string of the molecule is C1=C2c3cccc4c5cc6c(cc5n(c34)C2CC=C1N(c1ccccc1)c1cccc(-c2ccccc2)c1)c1cccc2c3cc(N(c4ccccc4)c4cccc(-c5ccccc5)c4)ccc3n6c21. The molecule has 1 aliphatic heterocycles. The van der Waals surface area contributed by atoms with Gasteiger partial charge >= 0.3 is 0 Å². The van der Waals surface area contributed by atoms with Crippen molar-refractivity contribution in [3.63, 3.8) is 0 Å². The lowest BCUT2D eigenvalue weighted by molar-refractivity contribution is 0.680. The van der Waals surface area contributed by atoms with Crippen LogP contribution in [0.4, 0.5) is 28.4 Å². The third kappa shape index (κ3) is 5.77. The molecule has 0 spiro atoms. The van der Waals surface area contributed by atoms with Gasteiger partial charge in [0.05, 0.1) is 33.6 Å². The summed E-state index contributed by atoms with van der Waals surface area (Å²) < 4.78 is 5.19. The highest BCUT2D eigenvalue weighted by molar-refractivity contribution is 6.27. The zero-order chi connectivity index (χ0) is 45.9. The molecule has 2 aliphatic rings. The molecule has 0 N–H and O–H groups in total. The van der Waals surface area contributed by atoms with Crippen LogP contribution in [0.15, 0.2) is 254 Å².